The van der Waals surface area contributed by atoms with Crippen LogP contribution in [-0.4, -0.2) is 4.98 Å². The Labute approximate surface area is 258 Å². The lowest BCUT2D eigenvalue weighted by molar-refractivity contribution is 0.669. The summed E-state index contributed by atoms with van der Waals surface area (Å²) in [6.07, 6.45) is 0. The quantitative estimate of drug-likeness (QED) is 0.213. The predicted octanol–water partition coefficient (Wildman–Crippen LogP) is 12.1. The van der Waals surface area contributed by atoms with Crippen molar-refractivity contribution < 1.29 is 4.42 Å². The van der Waals surface area contributed by atoms with Gasteiger partial charge in [-0.15, -0.1) is 0 Å². The fourth-order valence-electron chi connectivity index (χ4n) is 7.43. The van der Waals surface area contributed by atoms with Crippen molar-refractivity contribution in [3.8, 4) is 0 Å². The number of H-pyrrole nitrogens is 1. The molecule has 0 atom stereocenters. The number of hydrogen-bond donors (Lipinski definition) is 1. The number of aromatic amines is 1. The van der Waals surface area contributed by atoms with Crippen molar-refractivity contribution in [2.24, 2.45) is 0 Å². The molecular formula is C42H26N2O. The number of furan rings is 1. The van der Waals surface area contributed by atoms with Crippen LogP contribution in [0.15, 0.2) is 156 Å². The smallest absolute Gasteiger partial charge is 0.138 e. The largest absolute Gasteiger partial charge is 0.456 e. The van der Waals surface area contributed by atoms with E-state index in [2.05, 4.69) is 155 Å². The van der Waals surface area contributed by atoms with E-state index in [9.17, 15) is 0 Å². The van der Waals surface area contributed by atoms with E-state index in [4.69, 9.17) is 4.42 Å². The predicted molar refractivity (Wildman–Crippen MR) is 190 cm³/mol. The summed E-state index contributed by atoms with van der Waals surface area (Å²) in [5, 5.41) is 12.2. The molecule has 0 aliphatic heterocycles. The SMILES string of the molecule is c1ccc(N(c2ccc3c4ccccc4c4ccccc4c3c2)c2cc3oc4ccccc4c3c3c2[nH]c2ccccc23)cc1. The molecule has 2 aromatic heterocycles. The second-order valence-corrected chi connectivity index (χ2v) is 11.8. The molecule has 0 aliphatic carbocycles. The van der Waals surface area contributed by atoms with E-state index < -0.39 is 0 Å². The highest BCUT2D eigenvalue weighted by Gasteiger charge is 2.23. The van der Waals surface area contributed by atoms with Gasteiger partial charge in [0.15, 0.2) is 0 Å². The van der Waals surface area contributed by atoms with Crippen LogP contribution in [0.2, 0.25) is 0 Å². The van der Waals surface area contributed by atoms with E-state index in [1.165, 1.54) is 43.1 Å². The zero-order chi connectivity index (χ0) is 29.5. The first-order valence-electron chi connectivity index (χ1n) is 15.4. The van der Waals surface area contributed by atoms with Crippen molar-refractivity contribution in [1.29, 1.82) is 0 Å². The molecule has 8 aromatic carbocycles. The van der Waals surface area contributed by atoms with Gasteiger partial charge in [0, 0.05) is 44.5 Å². The van der Waals surface area contributed by atoms with Crippen LogP contribution in [0.5, 0.6) is 0 Å². The highest BCUT2D eigenvalue weighted by molar-refractivity contribution is 6.30. The summed E-state index contributed by atoms with van der Waals surface area (Å²) in [6.45, 7) is 0. The number of para-hydroxylation sites is 3. The summed E-state index contributed by atoms with van der Waals surface area (Å²) in [5.41, 5.74) is 7.18. The molecule has 210 valence electrons. The Balaban J connectivity index is 1.35. The standard InChI is InChI=1S/C42H26N2O/c1-2-12-26(13-3-1)44(27-22-23-32-30-16-5-4-14-28(30)29-15-6-7-17-31(29)35(32)24-27)37-25-39-40(34-19-9-11-21-38(34)45-39)41-33-18-8-10-20-36(33)43-42(37)41/h1-25,43H. The van der Waals surface area contributed by atoms with E-state index in [0.29, 0.717) is 0 Å². The third-order valence-corrected chi connectivity index (χ3v) is 9.34. The molecule has 0 bridgehead atoms. The maximum atomic E-state index is 6.58. The number of benzene rings is 8. The van der Waals surface area contributed by atoms with Crippen LogP contribution in [0.3, 0.4) is 0 Å². The second-order valence-electron chi connectivity index (χ2n) is 11.8. The van der Waals surface area contributed by atoms with Gasteiger partial charge in [0.1, 0.15) is 11.2 Å². The third-order valence-electron chi connectivity index (χ3n) is 9.34. The maximum absolute atomic E-state index is 6.58. The number of anilines is 3. The normalized spacial score (nSPS) is 12.0. The van der Waals surface area contributed by atoms with Crippen LogP contribution in [0.1, 0.15) is 0 Å². The zero-order valence-corrected chi connectivity index (χ0v) is 24.3. The summed E-state index contributed by atoms with van der Waals surface area (Å²) < 4.78 is 6.58. The Morgan fingerprint density at radius 2 is 0.978 bits per heavy atom. The van der Waals surface area contributed by atoms with Crippen LogP contribution in [0.25, 0.3) is 76.1 Å². The Kier molecular flexibility index (Phi) is 5.00. The van der Waals surface area contributed by atoms with Crippen LogP contribution in [0, 0.1) is 0 Å². The van der Waals surface area contributed by atoms with Gasteiger partial charge < -0.3 is 14.3 Å². The number of rotatable bonds is 3. The summed E-state index contributed by atoms with van der Waals surface area (Å²) in [6, 6.07) is 54.2. The molecule has 3 heteroatoms. The summed E-state index contributed by atoms with van der Waals surface area (Å²) >= 11 is 0. The number of hydrogen-bond acceptors (Lipinski definition) is 2. The first kappa shape index (κ1) is 24.4. The van der Waals surface area contributed by atoms with Gasteiger partial charge >= 0.3 is 0 Å². The molecule has 0 aliphatic rings. The lowest BCUT2D eigenvalue weighted by Crippen LogP contribution is -2.10. The van der Waals surface area contributed by atoms with Gasteiger partial charge in [-0.1, -0.05) is 109 Å². The molecule has 0 radical (unpaired) electrons. The lowest BCUT2D eigenvalue weighted by atomic mass is 9.94. The fourth-order valence-corrected chi connectivity index (χ4v) is 7.43. The fraction of sp³-hybridized carbons (Fsp3) is 0. The van der Waals surface area contributed by atoms with Crippen molar-refractivity contribution in [1.82, 2.24) is 4.98 Å². The third kappa shape index (κ3) is 3.46. The molecule has 10 aromatic rings. The van der Waals surface area contributed by atoms with Gasteiger partial charge in [0.2, 0.25) is 0 Å². The summed E-state index contributed by atoms with van der Waals surface area (Å²) in [7, 11) is 0. The molecule has 10 rings (SSSR count). The maximum Gasteiger partial charge on any atom is 0.138 e. The molecule has 0 amide bonds. The average Bonchev–Trinajstić information content (AvgIpc) is 3.67. The molecule has 0 spiro atoms. The molecule has 0 fully saturated rings. The van der Waals surface area contributed by atoms with E-state index in [1.807, 2.05) is 6.07 Å². The van der Waals surface area contributed by atoms with E-state index in [-0.39, 0.29) is 0 Å². The van der Waals surface area contributed by atoms with Crippen LogP contribution >= 0.6 is 0 Å². The molecule has 1 N–H and O–H groups in total. The first-order valence-corrected chi connectivity index (χ1v) is 15.4. The topological polar surface area (TPSA) is 32.2 Å². The van der Waals surface area contributed by atoms with E-state index in [1.54, 1.807) is 0 Å². The minimum absolute atomic E-state index is 0.876. The van der Waals surface area contributed by atoms with Gasteiger partial charge in [-0.3, -0.25) is 0 Å². The second kappa shape index (κ2) is 9.22. The van der Waals surface area contributed by atoms with Crippen molar-refractivity contribution in [2.45, 2.75) is 0 Å². The highest BCUT2D eigenvalue weighted by Crippen LogP contribution is 2.47. The van der Waals surface area contributed by atoms with Gasteiger partial charge in [-0.25, -0.2) is 0 Å². The van der Waals surface area contributed by atoms with Crippen molar-refractivity contribution in [3.63, 3.8) is 0 Å². The molecule has 0 unspecified atom stereocenters. The molecule has 3 nitrogen and oxygen atoms in total. The highest BCUT2D eigenvalue weighted by atomic mass is 16.3. The van der Waals surface area contributed by atoms with E-state index in [0.717, 1.165) is 50.0 Å². The number of nitrogens with zero attached hydrogens (tertiary/aromatic N) is 1. The summed E-state index contributed by atoms with van der Waals surface area (Å²) in [5.74, 6) is 0. The molecule has 45 heavy (non-hydrogen) atoms. The van der Waals surface area contributed by atoms with Crippen molar-refractivity contribution in [3.05, 3.63) is 152 Å². The Bertz CT molecular complexity index is 2730. The first-order chi connectivity index (χ1) is 22.3. The lowest BCUT2D eigenvalue weighted by Gasteiger charge is -2.27. The molecule has 0 saturated carbocycles. The molecule has 2 heterocycles. The summed E-state index contributed by atoms with van der Waals surface area (Å²) in [4.78, 5) is 6.19. The van der Waals surface area contributed by atoms with Crippen LogP contribution in [-0.2, 0) is 0 Å². The van der Waals surface area contributed by atoms with Gasteiger partial charge in [0.25, 0.3) is 0 Å². The Morgan fingerprint density at radius 3 is 1.71 bits per heavy atom. The van der Waals surface area contributed by atoms with Gasteiger partial charge in [-0.2, -0.15) is 0 Å². The zero-order valence-electron chi connectivity index (χ0n) is 24.3. The average molecular weight is 575 g/mol. The molecule has 0 saturated heterocycles. The number of fused-ring (bicyclic) bond motifs is 13. The minimum atomic E-state index is 0.876. The Morgan fingerprint density at radius 1 is 0.400 bits per heavy atom. The minimum Gasteiger partial charge on any atom is -0.456 e. The van der Waals surface area contributed by atoms with Crippen molar-refractivity contribution in [2.75, 3.05) is 4.90 Å². The number of nitrogens with one attached hydrogen (secondary N) is 1. The molecular weight excluding hydrogens is 548 g/mol. The monoisotopic (exact) mass is 574 g/mol. The Hall–Kier alpha value is -6.06. The van der Waals surface area contributed by atoms with Crippen LogP contribution < -0.4 is 4.90 Å². The van der Waals surface area contributed by atoms with Gasteiger partial charge in [-0.05, 0) is 68.7 Å². The van der Waals surface area contributed by atoms with Crippen LogP contribution in [0.4, 0.5) is 17.1 Å². The van der Waals surface area contributed by atoms with Crippen molar-refractivity contribution >= 4 is 93.1 Å². The van der Waals surface area contributed by atoms with Gasteiger partial charge in [0.05, 0.1) is 11.2 Å². The number of aromatic nitrogens is 1. The van der Waals surface area contributed by atoms with E-state index >= 15 is 0 Å².